The van der Waals surface area contributed by atoms with E-state index in [0.29, 0.717) is 6.42 Å². The summed E-state index contributed by atoms with van der Waals surface area (Å²) in [6.07, 6.45) is 11.8. The zero-order valence-electron chi connectivity index (χ0n) is 23.1. The summed E-state index contributed by atoms with van der Waals surface area (Å²) in [5.74, 6) is 0. The van der Waals surface area contributed by atoms with Crippen molar-refractivity contribution in [1.29, 1.82) is 5.26 Å². The Morgan fingerprint density at radius 2 is 1.53 bits per heavy atom. The summed E-state index contributed by atoms with van der Waals surface area (Å²) in [7, 11) is 0. The summed E-state index contributed by atoms with van der Waals surface area (Å²) in [5, 5.41) is 13.2. The van der Waals surface area contributed by atoms with Crippen molar-refractivity contribution >= 4 is 10.8 Å². The number of aryl methyl sites for hydroxylation is 1. The molecule has 0 aliphatic heterocycles. The molecule has 0 bridgehead atoms. The molecule has 0 saturated carbocycles. The second-order valence-corrected chi connectivity index (χ2v) is 11.1. The Balaban J connectivity index is 1.64. The van der Waals surface area contributed by atoms with E-state index in [-0.39, 0.29) is 0 Å². The molecular formula is C36H40N2. The van der Waals surface area contributed by atoms with Crippen molar-refractivity contribution in [3.63, 3.8) is 0 Å². The Kier molecular flexibility index (Phi) is 8.23. The van der Waals surface area contributed by atoms with Crippen molar-refractivity contribution in [3.05, 3.63) is 101 Å². The Morgan fingerprint density at radius 3 is 2.26 bits per heavy atom. The number of nitriles is 1. The average molecular weight is 501 g/mol. The number of aromatic nitrogens is 1. The van der Waals surface area contributed by atoms with Gasteiger partial charge in [-0.3, -0.25) is 4.98 Å². The third-order valence-corrected chi connectivity index (χ3v) is 8.38. The standard InChI is InChI=1S/C36H40N2/c1-3-5-8-18-31-33(19-9-6-4-2)38-35-32(34(31)29-15-10-7-11-16-29)22-23-36(35,26-37)25-27-20-21-28-14-12-13-17-30(28)24-27/h7,10-17,20-21,24H,3-6,8-9,18-19,22-23,25H2,1-2H3/t36-/m0/s1. The van der Waals surface area contributed by atoms with Gasteiger partial charge in [-0.05, 0) is 83.5 Å². The average Bonchev–Trinajstić information content (AvgIpc) is 3.31. The lowest BCUT2D eigenvalue weighted by Gasteiger charge is -2.25. The third kappa shape index (κ3) is 5.25. The van der Waals surface area contributed by atoms with Gasteiger partial charge in [-0.15, -0.1) is 0 Å². The first-order valence-corrected chi connectivity index (χ1v) is 14.7. The van der Waals surface area contributed by atoms with Gasteiger partial charge in [0.2, 0.25) is 0 Å². The van der Waals surface area contributed by atoms with Crippen LogP contribution in [0.25, 0.3) is 21.9 Å². The zero-order chi connectivity index (χ0) is 26.4. The molecule has 1 aliphatic carbocycles. The molecule has 38 heavy (non-hydrogen) atoms. The van der Waals surface area contributed by atoms with Gasteiger partial charge in [-0.1, -0.05) is 112 Å². The Morgan fingerprint density at radius 1 is 0.816 bits per heavy atom. The van der Waals surface area contributed by atoms with E-state index in [1.807, 2.05) is 0 Å². The summed E-state index contributed by atoms with van der Waals surface area (Å²) in [6.45, 7) is 4.53. The smallest absolute Gasteiger partial charge is 0.104 e. The van der Waals surface area contributed by atoms with Crippen molar-refractivity contribution in [2.24, 2.45) is 0 Å². The van der Waals surface area contributed by atoms with Gasteiger partial charge in [0.05, 0.1) is 11.8 Å². The molecule has 1 aliphatic rings. The molecule has 3 aromatic carbocycles. The van der Waals surface area contributed by atoms with Gasteiger partial charge in [0.15, 0.2) is 0 Å². The predicted octanol–water partition coefficient (Wildman–Crippen LogP) is 9.32. The molecule has 0 N–H and O–H groups in total. The number of hydrogen-bond donors (Lipinski definition) is 0. The molecule has 4 aromatic rings. The third-order valence-electron chi connectivity index (χ3n) is 8.38. The quantitative estimate of drug-likeness (QED) is 0.192. The normalized spacial score (nSPS) is 16.4. The first-order valence-electron chi connectivity index (χ1n) is 14.7. The van der Waals surface area contributed by atoms with Crippen molar-refractivity contribution in [3.8, 4) is 17.2 Å². The van der Waals surface area contributed by atoms with E-state index in [0.717, 1.165) is 37.8 Å². The summed E-state index contributed by atoms with van der Waals surface area (Å²) in [5.41, 5.74) is 8.37. The van der Waals surface area contributed by atoms with Gasteiger partial charge in [0.1, 0.15) is 5.41 Å². The SMILES string of the molecule is CCCCCc1nc2c(c(-c3ccccc3)c1CCCCC)CC[C@@]2(C#N)Cc1ccc2ccccc2c1. The van der Waals surface area contributed by atoms with Crippen LogP contribution in [0.5, 0.6) is 0 Å². The van der Waals surface area contributed by atoms with Gasteiger partial charge in [0, 0.05) is 5.69 Å². The van der Waals surface area contributed by atoms with E-state index in [9.17, 15) is 5.26 Å². The van der Waals surface area contributed by atoms with Crippen molar-refractivity contribution < 1.29 is 0 Å². The molecule has 5 rings (SSSR count). The number of pyridine rings is 1. The van der Waals surface area contributed by atoms with E-state index < -0.39 is 5.41 Å². The van der Waals surface area contributed by atoms with Crippen LogP contribution in [0.3, 0.4) is 0 Å². The topological polar surface area (TPSA) is 36.7 Å². The molecule has 0 amide bonds. The molecule has 1 heterocycles. The summed E-state index contributed by atoms with van der Waals surface area (Å²) in [4.78, 5) is 5.45. The van der Waals surface area contributed by atoms with Crippen LogP contribution in [0, 0.1) is 11.3 Å². The Labute approximate surface area is 228 Å². The maximum Gasteiger partial charge on any atom is 0.104 e. The highest BCUT2D eigenvalue weighted by molar-refractivity contribution is 5.83. The largest absolute Gasteiger partial charge is 0.256 e. The molecule has 194 valence electrons. The minimum Gasteiger partial charge on any atom is -0.256 e. The molecule has 0 fully saturated rings. The molecule has 0 unspecified atom stereocenters. The van der Waals surface area contributed by atoms with Crippen LogP contribution in [-0.2, 0) is 31.1 Å². The molecule has 1 aromatic heterocycles. The van der Waals surface area contributed by atoms with Gasteiger partial charge in [0.25, 0.3) is 0 Å². The summed E-state index contributed by atoms with van der Waals surface area (Å²) in [6, 6.07) is 28.9. The Hall–Kier alpha value is -3.44. The van der Waals surface area contributed by atoms with Gasteiger partial charge < -0.3 is 0 Å². The van der Waals surface area contributed by atoms with Gasteiger partial charge in [-0.25, -0.2) is 0 Å². The van der Waals surface area contributed by atoms with Crippen LogP contribution in [0.15, 0.2) is 72.8 Å². The first kappa shape index (κ1) is 26.2. The minimum absolute atomic E-state index is 0.581. The second-order valence-electron chi connectivity index (χ2n) is 11.1. The van der Waals surface area contributed by atoms with Crippen molar-refractivity contribution in [2.75, 3.05) is 0 Å². The lowest BCUT2D eigenvalue weighted by Crippen LogP contribution is -2.26. The molecule has 2 heteroatoms. The highest BCUT2D eigenvalue weighted by Gasteiger charge is 2.43. The predicted molar refractivity (Wildman–Crippen MR) is 159 cm³/mol. The number of unbranched alkanes of at least 4 members (excludes halogenated alkanes) is 4. The van der Waals surface area contributed by atoms with Gasteiger partial charge in [-0.2, -0.15) is 5.26 Å². The molecule has 0 radical (unpaired) electrons. The van der Waals surface area contributed by atoms with Crippen LogP contribution in [-0.4, -0.2) is 4.98 Å². The fourth-order valence-electron chi connectivity index (χ4n) is 6.35. The first-order chi connectivity index (χ1) is 18.7. The van der Waals surface area contributed by atoms with Gasteiger partial charge >= 0.3 is 0 Å². The van der Waals surface area contributed by atoms with E-state index in [1.54, 1.807) is 0 Å². The maximum atomic E-state index is 10.8. The van der Waals surface area contributed by atoms with Crippen LogP contribution in [0.1, 0.15) is 86.9 Å². The molecule has 0 spiro atoms. The molecule has 1 atom stereocenters. The molecule has 2 nitrogen and oxygen atoms in total. The van der Waals surface area contributed by atoms with E-state index in [4.69, 9.17) is 4.98 Å². The second kappa shape index (κ2) is 12.0. The highest BCUT2D eigenvalue weighted by Crippen LogP contribution is 2.46. The number of nitrogens with zero attached hydrogens (tertiary/aromatic N) is 2. The fourth-order valence-corrected chi connectivity index (χ4v) is 6.35. The number of rotatable bonds is 11. The summed E-state index contributed by atoms with van der Waals surface area (Å²) >= 11 is 0. The van der Waals surface area contributed by atoms with Crippen LogP contribution in [0.4, 0.5) is 0 Å². The number of benzene rings is 3. The molecule has 0 saturated heterocycles. The lowest BCUT2D eigenvalue weighted by atomic mass is 9.79. The van der Waals surface area contributed by atoms with E-state index in [1.165, 1.54) is 76.4 Å². The van der Waals surface area contributed by atoms with Crippen molar-refractivity contribution in [1.82, 2.24) is 4.98 Å². The van der Waals surface area contributed by atoms with Crippen molar-refractivity contribution in [2.45, 2.75) is 89.9 Å². The number of fused-ring (bicyclic) bond motifs is 2. The molecular weight excluding hydrogens is 460 g/mol. The fraction of sp³-hybridized carbons (Fsp3) is 0.389. The van der Waals surface area contributed by atoms with E-state index in [2.05, 4.69) is 92.7 Å². The van der Waals surface area contributed by atoms with Crippen LogP contribution in [0.2, 0.25) is 0 Å². The summed E-state index contributed by atoms with van der Waals surface area (Å²) < 4.78 is 0. The van der Waals surface area contributed by atoms with Crippen LogP contribution < -0.4 is 0 Å². The monoisotopic (exact) mass is 500 g/mol. The Bertz CT molecular complexity index is 1430. The highest BCUT2D eigenvalue weighted by atomic mass is 14.8. The maximum absolute atomic E-state index is 10.8. The number of hydrogen-bond acceptors (Lipinski definition) is 2. The minimum atomic E-state index is -0.581. The van der Waals surface area contributed by atoms with E-state index >= 15 is 0 Å². The zero-order valence-corrected chi connectivity index (χ0v) is 23.1. The lowest BCUT2D eigenvalue weighted by molar-refractivity contribution is 0.526. The van der Waals surface area contributed by atoms with Crippen LogP contribution >= 0.6 is 0 Å².